The smallest absolute Gasteiger partial charge is 0.227 e. The standard InChI is InChI=1S/C22H25ClFN5O3/c1-4-32-20-10-18-15(9-19(20)28-21(31)8-14(30)11-29(2)3)22(26-12-25-18)27-13-5-6-17(24)16(23)7-13/h5-7,9-10,12,14,30H,4,8,11H2,1-3H3,(H,28,31)(H,25,26,27). The number of aliphatic hydroxyl groups excluding tert-OH is 1. The Morgan fingerprint density at radius 3 is 2.75 bits per heavy atom. The van der Waals surface area contributed by atoms with Crippen molar-refractivity contribution in [3.8, 4) is 5.75 Å². The zero-order chi connectivity index (χ0) is 23.3. The molecule has 0 fully saturated rings. The number of aliphatic hydroxyl groups is 1. The van der Waals surface area contributed by atoms with Gasteiger partial charge in [-0.2, -0.15) is 0 Å². The fraction of sp³-hybridized carbons (Fsp3) is 0.318. The summed E-state index contributed by atoms with van der Waals surface area (Å²) in [5.41, 5.74) is 1.56. The van der Waals surface area contributed by atoms with Crippen molar-refractivity contribution >= 4 is 45.6 Å². The first kappa shape index (κ1) is 23.6. The summed E-state index contributed by atoms with van der Waals surface area (Å²) in [4.78, 5) is 22.9. The second-order valence-electron chi connectivity index (χ2n) is 7.44. The monoisotopic (exact) mass is 461 g/mol. The highest BCUT2D eigenvalue weighted by molar-refractivity contribution is 6.31. The van der Waals surface area contributed by atoms with Crippen LogP contribution in [0.4, 0.5) is 21.6 Å². The zero-order valence-electron chi connectivity index (χ0n) is 18.0. The van der Waals surface area contributed by atoms with Gasteiger partial charge < -0.3 is 25.4 Å². The maximum absolute atomic E-state index is 13.5. The number of nitrogens with zero attached hydrogens (tertiary/aromatic N) is 3. The van der Waals surface area contributed by atoms with Crippen molar-refractivity contribution in [2.75, 3.05) is 37.9 Å². The number of ether oxygens (including phenoxy) is 1. The van der Waals surface area contributed by atoms with E-state index < -0.39 is 11.9 Å². The molecule has 2 aromatic carbocycles. The van der Waals surface area contributed by atoms with E-state index in [0.29, 0.717) is 47.0 Å². The van der Waals surface area contributed by atoms with Crippen molar-refractivity contribution in [1.82, 2.24) is 14.9 Å². The van der Waals surface area contributed by atoms with E-state index in [4.69, 9.17) is 16.3 Å². The number of amides is 1. The largest absolute Gasteiger partial charge is 0.492 e. The fourth-order valence-corrected chi connectivity index (χ4v) is 3.35. The summed E-state index contributed by atoms with van der Waals surface area (Å²) in [6, 6.07) is 7.65. The van der Waals surface area contributed by atoms with E-state index in [0.717, 1.165) is 0 Å². The molecule has 0 radical (unpaired) electrons. The third-order valence-corrected chi connectivity index (χ3v) is 4.78. The minimum Gasteiger partial charge on any atom is -0.492 e. The Hall–Kier alpha value is -3.01. The first-order valence-electron chi connectivity index (χ1n) is 10.0. The van der Waals surface area contributed by atoms with Gasteiger partial charge in [-0.25, -0.2) is 14.4 Å². The highest BCUT2D eigenvalue weighted by Crippen LogP contribution is 2.34. The van der Waals surface area contributed by atoms with Crippen LogP contribution in [-0.2, 0) is 4.79 Å². The molecule has 0 saturated heterocycles. The highest BCUT2D eigenvalue weighted by Gasteiger charge is 2.16. The van der Waals surface area contributed by atoms with Gasteiger partial charge in [-0.15, -0.1) is 0 Å². The van der Waals surface area contributed by atoms with Crippen LogP contribution < -0.4 is 15.4 Å². The van der Waals surface area contributed by atoms with Crippen molar-refractivity contribution < 1.29 is 19.0 Å². The van der Waals surface area contributed by atoms with E-state index in [1.807, 2.05) is 21.0 Å². The summed E-state index contributed by atoms with van der Waals surface area (Å²) >= 11 is 5.87. The third kappa shape index (κ3) is 6.03. The molecule has 8 nitrogen and oxygen atoms in total. The lowest BCUT2D eigenvalue weighted by Gasteiger charge is -2.17. The predicted molar refractivity (Wildman–Crippen MR) is 123 cm³/mol. The first-order valence-corrected chi connectivity index (χ1v) is 10.4. The average molecular weight is 462 g/mol. The SMILES string of the molecule is CCOc1cc2ncnc(Nc3ccc(F)c(Cl)c3)c2cc1NC(=O)CC(O)CN(C)C. The van der Waals surface area contributed by atoms with Crippen LogP contribution in [0.3, 0.4) is 0 Å². The topological polar surface area (TPSA) is 99.6 Å². The lowest BCUT2D eigenvalue weighted by molar-refractivity contribution is -0.118. The van der Waals surface area contributed by atoms with Crippen LogP contribution in [0.1, 0.15) is 13.3 Å². The molecular weight excluding hydrogens is 437 g/mol. The molecule has 3 aromatic rings. The van der Waals surface area contributed by atoms with E-state index in [2.05, 4.69) is 20.6 Å². The van der Waals surface area contributed by atoms with Crippen LogP contribution in [0.5, 0.6) is 5.75 Å². The molecule has 3 rings (SSSR count). The van der Waals surface area contributed by atoms with E-state index in [-0.39, 0.29) is 17.4 Å². The van der Waals surface area contributed by atoms with Gasteiger partial charge in [-0.1, -0.05) is 11.6 Å². The van der Waals surface area contributed by atoms with Crippen LogP contribution in [-0.4, -0.2) is 59.2 Å². The summed E-state index contributed by atoms with van der Waals surface area (Å²) in [6.45, 7) is 2.59. The third-order valence-electron chi connectivity index (χ3n) is 4.49. The van der Waals surface area contributed by atoms with Gasteiger partial charge in [0.15, 0.2) is 0 Å². The second-order valence-corrected chi connectivity index (χ2v) is 7.85. The molecule has 0 saturated carbocycles. The van der Waals surface area contributed by atoms with E-state index in [9.17, 15) is 14.3 Å². The zero-order valence-corrected chi connectivity index (χ0v) is 18.8. The Labute approximate surface area is 190 Å². The first-order chi connectivity index (χ1) is 15.3. The maximum Gasteiger partial charge on any atom is 0.227 e. The molecular formula is C22H25ClFN5O3. The number of hydrogen-bond acceptors (Lipinski definition) is 7. The minimum atomic E-state index is -0.801. The molecule has 0 aliphatic rings. The molecule has 1 heterocycles. The van der Waals surface area contributed by atoms with Crippen molar-refractivity contribution in [1.29, 1.82) is 0 Å². The van der Waals surface area contributed by atoms with Crippen molar-refractivity contribution in [2.24, 2.45) is 0 Å². The van der Waals surface area contributed by atoms with Gasteiger partial charge in [0.2, 0.25) is 5.91 Å². The van der Waals surface area contributed by atoms with Crippen molar-refractivity contribution in [2.45, 2.75) is 19.4 Å². The number of fused-ring (bicyclic) bond motifs is 1. The molecule has 1 unspecified atom stereocenters. The van der Waals surface area contributed by atoms with Crippen molar-refractivity contribution in [3.63, 3.8) is 0 Å². The molecule has 1 atom stereocenters. The number of carbonyl (C=O) groups is 1. The summed E-state index contributed by atoms with van der Waals surface area (Å²) in [5.74, 6) is 0.0256. The fourth-order valence-electron chi connectivity index (χ4n) is 3.17. The van der Waals surface area contributed by atoms with E-state index in [1.165, 1.54) is 18.5 Å². The summed E-state index contributed by atoms with van der Waals surface area (Å²) in [6.07, 6.45) is 0.526. The van der Waals surface area contributed by atoms with Crippen LogP contribution in [0, 0.1) is 5.82 Å². The Morgan fingerprint density at radius 2 is 2.06 bits per heavy atom. The van der Waals surface area contributed by atoms with E-state index in [1.54, 1.807) is 23.1 Å². The summed E-state index contributed by atoms with van der Waals surface area (Å²) in [5, 5.41) is 16.6. The van der Waals surface area contributed by atoms with Gasteiger partial charge in [0.1, 0.15) is 23.7 Å². The molecule has 3 N–H and O–H groups in total. The Bertz CT molecular complexity index is 1110. The maximum atomic E-state index is 13.5. The summed E-state index contributed by atoms with van der Waals surface area (Å²) in [7, 11) is 3.64. The van der Waals surface area contributed by atoms with Gasteiger partial charge in [0.05, 0.1) is 35.4 Å². The molecule has 0 bridgehead atoms. The number of halogens is 2. The number of carbonyl (C=O) groups excluding carboxylic acids is 1. The molecule has 0 spiro atoms. The van der Waals surface area contributed by atoms with Crippen molar-refractivity contribution in [3.05, 3.63) is 47.5 Å². The van der Waals surface area contributed by atoms with E-state index >= 15 is 0 Å². The number of aromatic nitrogens is 2. The number of likely N-dealkylation sites (N-methyl/N-ethyl adjacent to an activating group) is 1. The Balaban J connectivity index is 1.92. The molecule has 0 aliphatic heterocycles. The average Bonchev–Trinajstić information content (AvgIpc) is 2.71. The number of hydrogen-bond donors (Lipinski definition) is 3. The number of anilines is 3. The molecule has 1 aromatic heterocycles. The lowest BCUT2D eigenvalue weighted by Crippen LogP contribution is -2.29. The van der Waals surface area contributed by atoms with Gasteiger partial charge >= 0.3 is 0 Å². The quantitative estimate of drug-likeness (QED) is 0.445. The molecule has 1 amide bonds. The second kappa shape index (κ2) is 10.5. The number of nitrogens with one attached hydrogen (secondary N) is 2. The molecule has 0 aliphatic carbocycles. The van der Waals surface area contributed by atoms with Gasteiger partial charge in [0.25, 0.3) is 0 Å². The Morgan fingerprint density at radius 1 is 1.28 bits per heavy atom. The molecule has 170 valence electrons. The van der Waals surface area contributed by atoms with Crippen LogP contribution in [0.15, 0.2) is 36.7 Å². The highest BCUT2D eigenvalue weighted by atomic mass is 35.5. The van der Waals surface area contributed by atoms with Gasteiger partial charge in [-0.3, -0.25) is 4.79 Å². The molecule has 32 heavy (non-hydrogen) atoms. The summed E-state index contributed by atoms with van der Waals surface area (Å²) < 4.78 is 19.2. The normalized spacial score (nSPS) is 12.1. The van der Waals surface area contributed by atoms with Crippen LogP contribution in [0.25, 0.3) is 10.9 Å². The predicted octanol–water partition coefficient (Wildman–Crippen LogP) is 3.82. The van der Waals surface area contributed by atoms with Crippen LogP contribution in [0.2, 0.25) is 5.02 Å². The Kier molecular flexibility index (Phi) is 7.79. The van der Waals surface area contributed by atoms with Gasteiger partial charge in [0, 0.05) is 23.7 Å². The number of benzene rings is 2. The van der Waals surface area contributed by atoms with Crippen LogP contribution >= 0.6 is 11.6 Å². The molecule has 10 heteroatoms. The lowest BCUT2D eigenvalue weighted by atomic mass is 10.1. The van der Waals surface area contributed by atoms with Gasteiger partial charge in [-0.05, 0) is 45.3 Å². The number of rotatable bonds is 9. The minimum absolute atomic E-state index is 0.0174.